The molecule has 1 unspecified atom stereocenters. The van der Waals surface area contributed by atoms with E-state index in [1.165, 1.54) is 9.35 Å². The molecule has 2 nitrogen and oxygen atoms in total. The van der Waals surface area contributed by atoms with Crippen LogP contribution in [-0.2, 0) is 4.74 Å². The van der Waals surface area contributed by atoms with Crippen LogP contribution < -0.4 is 5.32 Å². The Kier molecular flexibility index (Phi) is 6.58. The molecule has 4 heteroatoms. The summed E-state index contributed by atoms with van der Waals surface area (Å²) < 4.78 is 6.66. The lowest BCUT2D eigenvalue weighted by Gasteiger charge is -2.12. The van der Waals surface area contributed by atoms with Crippen molar-refractivity contribution < 1.29 is 4.74 Å². The molecule has 0 bridgehead atoms. The van der Waals surface area contributed by atoms with Crippen molar-refractivity contribution >= 4 is 27.3 Å². The monoisotopic (exact) mass is 305 g/mol. The molecule has 1 rings (SSSR count). The summed E-state index contributed by atoms with van der Waals surface area (Å²) in [7, 11) is 0. The highest BCUT2D eigenvalue weighted by atomic mass is 79.9. The second-order valence-corrected chi connectivity index (χ2v) is 5.97. The van der Waals surface area contributed by atoms with Gasteiger partial charge in [-0.25, -0.2) is 0 Å². The van der Waals surface area contributed by atoms with Gasteiger partial charge in [-0.2, -0.15) is 0 Å². The highest BCUT2D eigenvalue weighted by Crippen LogP contribution is 2.25. The summed E-state index contributed by atoms with van der Waals surface area (Å²) in [6.07, 6.45) is 1.40. The van der Waals surface area contributed by atoms with E-state index in [0.29, 0.717) is 12.1 Å². The summed E-state index contributed by atoms with van der Waals surface area (Å²) in [4.78, 5) is 1.37. The Morgan fingerprint density at radius 1 is 1.44 bits per heavy atom. The molecule has 1 heterocycles. The second-order valence-electron chi connectivity index (χ2n) is 4.12. The van der Waals surface area contributed by atoms with Crippen molar-refractivity contribution in [3.05, 3.63) is 20.8 Å². The van der Waals surface area contributed by atoms with Gasteiger partial charge in [-0.1, -0.05) is 0 Å². The molecule has 1 N–H and O–H groups in total. The molecule has 92 valence electrons. The number of halogens is 1. The normalized spacial score (nSPS) is 13.3. The summed E-state index contributed by atoms with van der Waals surface area (Å²) in [5.74, 6) is 0. The highest BCUT2D eigenvalue weighted by Gasteiger charge is 2.06. The van der Waals surface area contributed by atoms with Crippen LogP contribution in [0.1, 0.15) is 38.1 Å². The molecule has 0 spiro atoms. The van der Waals surface area contributed by atoms with Crippen molar-refractivity contribution in [3.8, 4) is 0 Å². The Morgan fingerprint density at radius 2 is 2.19 bits per heavy atom. The van der Waals surface area contributed by atoms with Gasteiger partial charge >= 0.3 is 0 Å². The van der Waals surface area contributed by atoms with E-state index in [-0.39, 0.29) is 0 Å². The molecule has 1 aromatic heterocycles. The summed E-state index contributed by atoms with van der Waals surface area (Å²) in [5, 5.41) is 5.62. The summed E-state index contributed by atoms with van der Waals surface area (Å²) >= 11 is 5.26. The first-order valence-electron chi connectivity index (χ1n) is 5.68. The van der Waals surface area contributed by atoms with Gasteiger partial charge in [0, 0.05) is 27.4 Å². The summed E-state index contributed by atoms with van der Waals surface area (Å²) in [5.41, 5.74) is 0. The fourth-order valence-electron chi connectivity index (χ4n) is 1.37. The Bertz CT molecular complexity index is 301. The van der Waals surface area contributed by atoms with Crippen LogP contribution in [0.4, 0.5) is 0 Å². The maximum absolute atomic E-state index is 5.49. The quantitative estimate of drug-likeness (QED) is 0.770. The predicted octanol–water partition coefficient (Wildman–Crippen LogP) is 3.98. The van der Waals surface area contributed by atoms with Crippen molar-refractivity contribution in [2.45, 2.75) is 39.3 Å². The molecule has 0 radical (unpaired) electrons. The van der Waals surface area contributed by atoms with E-state index >= 15 is 0 Å². The van der Waals surface area contributed by atoms with E-state index in [1.807, 2.05) is 0 Å². The number of ether oxygens (including phenoxy) is 1. The molecule has 0 aliphatic rings. The van der Waals surface area contributed by atoms with E-state index in [9.17, 15) is 0 Å². The molecule has 0 amide bonds. The third-order valence-electron chi connectivity index (χ3n) is 2.24. The van der Waals surface area contributed by atoms with Gasteiger partial charge in [-0.15, -0.1) is 11.3 Å². The SMILES string of the molecule is CC(C)OCCCNC(C)c1cc(Br)cs1. The molecule has 16 heavy (non-hydrogen) atoms. The molecular formula is C12H20BrNOS. The number of hydrogen-bond acceptors (Lipinski definition) is 3. The minimum absolute atomic E-state index is 0.339. The van der Waals surface area contributed by atoms with Crippen LogP contribution in [0.2, 0.25) is 0 Å². The van der Waals surface area contributed by atoms with Crippen molar-refractivity contribution in [1.82, 2.24) is 5.32 Å². The average Bonchev–Trinajstić information content (AvgIpc) is 2.63. The maximum Gasteiger partial charge on any atom is 0.0518 e. The largest absolute Gasteiger partial charge is 0.379 e. The molecule has 0 aromatic carbocycles. The fourth-order valence-corrected chi connectivity index (χ4v) is 2.84. The zero-order valence-electron chi connectivity index (χ0n) is 10.1. The Labute approximate surface area is 111 Å². The first kappa shape index (κ1) is 14.2. The second kappa shape index (κ2) is 7.43. The molecule has 0 saturated heterocycles. The smallest absolute Gasteiger partial charge is 0.0518 e. The van der Waals surface area contributed by atoms with E-state index in [1.54, 1.807) is 11.3 Å². The third kappa shape index (κ3) is 5.43. The lowest BCUT2D eigenvalue weighted by atomic mass is 10.2. The van der Waals surface area contributed by atoms with Crippen LogP contribution in [0, 0.1) is 0 Å². The van der Waals surface area contributed by atoms with Gasteiger partial charge in [-0.3, -0.25) is 0 Å². The van der Waals surface area contributed by atoms with Gasteiger partial charge < -0.3 is 10.1 Å². The number of hydrogen-bond donors (Lipinski definition) is 1. The van der Waals surface area contributed by atoms with Crippen LogP contribution in [0.3, 0.4) is 0 Å². The van der Waals surface area contributed by atoms with Gasteiger partial charge in [0.2, 0.25) is 0 Å². The molecule has 0 fully saturated rings. The average molecular weight is 306 g/mol. The molecule has 0 aliphatic heterocycles. The highest BCUT2D eigenvalue weighted by molar-refractivity contribution is 9.10. The van der Waals surface area contributed by atoms with Crippen molar-refractivity contribution in [1.29, 1.82) is 0 Å². The van der Waals surface area contributed by atoms with E-state index in [0.717, 1.165) is 19.6 Å². The predicted molar refractivity (Wildman–Crippen MR) is 74.1 cm³/mol. The van der Waals surface area contributed by atoms with Gasteiger partial charge in [0.05, 0.1) is 6.10 Å². The van der Waals surface area contributed by atoms with Crippen molar-refractivity contribution in [3.63, 3.8) is 0 Å². The minimum atomic E-state index is 0.339. The fraction of sp³-hybridized carbons (Fsp3) is 0.667. The first-order valence-corrected chi connectivity index (χ1v) is 7.35. The Hall–Kier alpha value is 0.1000. The zero-order chi connectivity index (χ0) is 12.0. The molecular weight excluding hydrogens is 286 g/mol. The van der Waals surface area contributed by atoms with E-state index in [2.05, 4.69) is 53.5 Å². The molecule has 1 atom stereocenters. The van der Waals surface area contributed by atoms with Crippen molar-refractivity contribution in [2.24, 2.45) is 0 Å². The lowest BCUT2D eigenvalue weighted by molar-refractivity contribution is 0.0768. The number of nitrogens with one attached hydrogen (secondary N) is 1. The van der Waals surface area contributed by atoms with Crippen LogP contribution in [0.25, 0.3) is 0 Å². The first-order chi connectivity index (χ1) is 7.59. The molecule has 0 saturated carbocycles. The van der Waals surface area contributed by atoms with E-state index in [4.69, 9.17) is 4.74 Å². The van der Waals surface area contributed by atoms with E-state index < -0.39 is 0 Å². The standard InChI is InChI=1S/C12H20BrNOS/c1-9(2)15-6-4-5-14-10(3)12-7-11(13)8-16-12/h7-10,14H,4-6H2,1-3H3. The zero-order valence-corrected chi connectivity index (χ0v) is 12.5. The number of thiophene rings is 1. The molecule has 1 aromatic rings. The van der Waals surface area contributed by atoms with Crippen LogP contribution in [0.15, 0.2) is 15.9 Å². The topological polar surface area (TPSA) is 21.3 Å². The van der Waals surface area contributed by atoms with Gasteiger partial charge in [0.25, 0.3) is 0 Å². The lowest BCUT2D eigenvalue weighted by Crippen LogP contribution is -2.20. The maximum atomic E-state index is 5.49. The van der Waals surface area contributed by atoms with Crippen molar-refractivity contribution in [2.75, 3.05) is 13.2 Å². The van der Waals surface area contributed by atoms with Crippen LogP contribution in [0.5, 0.6) is 0 Å². The van der Waals surface area contributed by atoms with Crippen LogP contribution >= 0.6 is 27.3 Å². The van der Waals surface area contributed by atoms with Gasteiger partial charge in [0.1, 0.15) is 0 Å². The van der Waals surface area contributed by atoms with Gasteiger partial charge in [0.15, 0.2) is 0 Å². The number of rotatable bonds is 7. The summed E-state index contributed by atoms with van der Waals surface area (Å²) in [6.45, 7) is 8.18. The van der Waals surface area contributed by atoms with Gasteiger partial charge in [-0.05, 0) is 55.7 Å². The Balaban J connectivity index is 2.13. The minimum Gasteiger partial charge on any atom is -0.379 e. The summed E-state index contributed by atoms with van der Waals surface area (Å²) in [6, 6.07) is 2.60. The van der Waals surface area contributed by atoms with Crippen LogP contribution in [-0.4, -0.2) is 19.3 Å². The molecule has 0 aliphatic carbocycles. The Morgan fingerprint density at radius 3 is 2.75 bits per heavy atom. The third-order valence-corrected chi connectivity index (χ3v) is 4.11.